The van der Waals surface area contributed by atoms with E-state index >= 15 is 0 Å². The zero-order chi connectivity index (χ0) is 36.1. The number of carbonyl (C=O) groups is 4. The van der Waals surface area contributed by atoms with Crippen molar-refractivity contribution in [3.05, 3.63) is 18.2 Å². The second kappa shape index (κ2) is 19.8. The third kappa shape index (κ3) is 10.7. The number of H-pyrrole nitrogens is 1. The molecule has 0 saturated carbocycles. The lowest BCUT2D eigenvalue weighted by Crippen LogP contribution is -2.59. The number of carbonyl (C=O) groups excluding carboxylic acids is 4. The Morgan fingerprint density at radius 3 is 2.23 bits per heavy atom. The van der Waals surface area contributed by atoms with Gasteiger partial charge >= 0.3 is 0 Å². The molecule has 13 nitrogen and oxygen atoms in total. The fourth-order valence-corrected chi connectivity index (χ4v) is 6.95. The first-order valence-corrected chi connectivity index (χ1v) is 17.6. The Labute approximate surface area is 288 Å². The lowest BCUT2D eigenvalue weighted by Gasteiger charge is -2.41. The summed E-state index contributed by atoms with van der Waals surface area (Å²) in [6.45, 7) is 14.7. The fourth-order valence-electron chi connectivity index (χ4n) is 6.95. The van der Waals surface area contributed by atoms with Crippen LogP contribution >= 0.6 is 0 Å². The molecule has 1 fully saturated rings. The summed E-state index contributed by atoms with van der Waals surface area (Å²) in [6.07, 6.45) is 5.28. The molecule has 1 aliphatic rings. The van der Waals surface area contributed by atoms with E-state index in [1.54, 1.807) is 45.6 Å². The summed E-state index contributed by atoms with van der Waals surface area (Å²) < 4.78 is 11.9. The summed E-state index contributed by atoms with van der Waals surface area (Å²) in [5.74, 6) is -0.476. The molecule has 8 atom stereocenters. The molecule has 0 unspecified atom stereocenters. The van der Waals surface area contributed by atoms with Crippen LogP contribution in [0.25, 0.3) is 0 Å². The normalized spacial score (nSPS) is 19.4. The lowest BCUT2D eigenvalue weighted by atomic mass is 9.89. The van der Waals surface area contributed by atoms with E-state index in [2.05, 4.69) is 32.8 Å². The number of aromatic amines is 1. The quantitative estimate of drug-likeness (QED) is 0.164. The first-order valence-electron chi connectivity index (χ1n) is 17.6. The molecule has 1 aromatic heterocycles. The van der Waals surface area contributed by atoms with E-state index < -0.39 is 36.3 Å². The summed E-state index contributed by atoms with van der Waals surface area (Å²) in [7, 11) is 6.63. The number of methoxy groups -OCH3 is 2. The molecule has 0 aliphatic carbocycles. The molecular formula is C35H63N7O6. The van der Waals surface area contributed by atoms with Gasteiger partial charge in [0.05, 0.1) is 42.7 Å². The number of nitrogens with one attached hydrogen (secondary N) is 4. The number of rotatable bonds is 20. The Morgan fingerprint density at radius 1 is 1.04 bits per heavy atom. The minimum Gasteiger partial charge on any atom is -0.379 e. The van der Waals surface area contributed by atoms with E-state index in [-0.39, 0.29) is 53.8 Å². The Hall–Kier alpha value is -3.03. The van der Waals surface area contributed by atoms with Gasteiger partial charge in [0.1, 0.15) is 11.9 Å². The third-order valence-electron chi connectivity index (χ3n) is 9.97. The number of likely N-dealkylation sites (N-methyl/N-ethyl adjacent to an activating group) is 2. The van der Waals surface area contributed by atoms with Crippen LogP contribution in [0.5, 0.6) is 0 Å². The minimum absolute atomic E-state index is 0.00642. The number of amides is 4. The van der Waals surface area contributed by atoms with Gasteiger partial charge in [0.2, 0.25) is 23.6 Å². The summed E-state index contributed by atoms with van der Waals surface area (Å²) in [4.78, 5) is 65.1. The lowest BCUT2D eigenvalue weighted by molar-refractivity contribution is -0.147. The van der Waals surface area contributed by atoms with E-state index in [0.717, 1.165) is 25.1 Å². The van der Waals surface area contributed by atoms with Crippen molar-refractivity contribution in [2.75, 3.05) is 41.4 Å². The summed E-state index contributed by atoms with van der Waals surface area (Å²) in [5, 5.41) is 9.01. The van der Waals surface area contributed by atoms with Gasteiger partial charge in [-0.25, -0.2) is 4.98 Å². The van der Waals surface area contributed by atoms with E-state index in [4.69, 9.17) is 9.47 Å². The predicted octanol–water partition coefficient (Wildman–Crippen LogP) is 2.37. The average molecular weight is 678 g/mol. The Balaban J connectivity index is 2.20. The van der Waals surface area contributed by atoms with Crippen molar-refractivity contribution in [2.45, 2.75) is 117 Å². The van der Waals surface area contributed by atoms with Crippen LogP contribution in [0.1, 0.15) is 80.0 Å². The van der Waals surface area contributed by atoms with Gasteiger partial charge in [-0.05, 0) is 37.6 Å². The highest BCUT2D eigenvalue weighted by Crippen LogP contribution is 2.29. The summed E-state index contributed by atoms with van der Waals surface area (Å²) in [6, 6.07) is -1.86. The molecule has 48 heavy (non-hydrogen) atoms. The van der Waals surface area contributed by atoms with Gasteiger partial charge in [-0.1, -0.05) is 54.9 Å². The van der Waals surface area contributed by atoms with Crippen LogP contribution in [0.2, 0.25) is 0 Å². The van der Waals surface area contributed by atoms with Crippen molar-refractivity contribution in [2.24, 2.45) is 23.7 Å². The second-order valence-corrected chi connectivity index (χ2v) is 13.9. The Kier molecular flexibility index (Phi) is 17.0. The Morgan fingerprint density at radius 2 is 1.71 bits per heavy atom. The van der Waals surface area contributed by atoms with Gasteiger partial charge in [-0.15, -0.1) is 0 Å². The standard InChI is InChI=1S/C35H63N7O6/c1-12-23(6)31(41(9)35(46)30(22(4)5)40-34(45)29(36-8)21(2)3)26(47-10)20-28(43)42-19-13-14-25(42)32(48-11)24(7)33(44)39-16-15-27-37-17-18-38-27/h17-18,21-26,29-32,36H,12-16,19-20H2,1-11H3,(H,37,38)(H,39,44)(H,40,45)/t23-,24+,25-,26-,29-,30-,31-,32+/m0/s1. The van der Waals surface area contributed by atoms with Crippen molar-refractivity contribution in [3.8, 4) is 0 Å². The molecule has 1 saturated heterocycles. The maximum atomic E-state index is 14.1. The molecule has 1 aromatic rings. The minimum atomic E-state index is -0.742. The maximum Gasteiger partial charge on any atom is 0.245 e. The zero-order valence-electron chi connectivity index (χ0n) is 31.2. The van der Waals surface area contributed by atoms with Crippen molar-refractivity contribution in [3.63, 3.8) is 0 Å². The summed E-state index contributed by atoms with van der Waals surface area (Å²) >= 11 is 0. The molecule has 4 N–H and O–H groups in total. The average Bonchev–Trinajstić information content (AvgIpc) is 3.76. The number of hydrogen-bond acceptors (Lipinski definition) is 8. The van der Waals surface area contributed by atoms with Crippen LogP contribution in [0.3, 0.4) is 0 Å². The van der Waals surface area contributed by atoms with Crippen molar-refractivity contribution >= 4 is 23.6 Å². The molecular weight excluding hydrogens is 614 g/mol. The van der Waals surface area contributed by atoms with Gasteiger partial charge < -0.3 is 40.2 Å². The van der Waals surface area contributed by atoms with Gasteiger partial charge in [0, 0.05) is 53.2 Å². The van der Waals surface area contributed by atoms with E-state index in [1.165, 1.54) is 0 Å². The molecule has 2 rings (SSSR count). The van der Waals surface area contributed by atoms with Crippen molar-refractivity contribution in [1.29, 1.82) is 0 Å². The maximum absolute atomic E-state index is 14.1. The van der Waals surface area contributed by atoms with Gasteiger partial charge in [0.15, 0.2) is 0 Å². The molecule has 0 aromatic carbocycles. The third-order valence-corrected chi connectivity index (χ3v) is 9.97. The predicted molar refractivity (Wildman–Crippen MR) is 186 cm³/mol. The number of aromatic nitrogens is 2. The topological polar surface area (TPSA) is 158 Å². The molecule has 274 valence electrons. The SMILES string of the molecule is CC[C@H](C)[C@@H]([C@H](CC(=O)N1CCC[C@H]1[C@H](OC)[C@@H](C)C(=O)NCCc1ncc[nH]1)OC)N(C)C(=O)[C@@H](NC(=O)[C@@H](NC)C(C)C)C(C)C. The van der Waals surface area contributed by atoms with Gasteiger partial charge in [-0.3, -0.25) is 19.2 Å². The second-order valence-electron chi connectivity index (χ2n) is 13.9. The van der Waals surface area contributed by atoms with E-state index in [9.17, 15) is 19.2 Å². The molecule has 0 spiro atoms. The molecule has 13 heteroatoms. The first kappa shape index (κ1) is 41.1. The molecule has 4 amide bonds. The molecule has 2 heterocycles. The summed E-state index contributed by atoms with van der Waals surface area (Å²) in [5.41, 5.74) is 0. The number of nitrogens with zero attached hydrogens (tertiary/aromatic N) is 3. The number of hydrogen-bond donors (Lipinski definition) is 4. The number of likely N-dealkylation sites (tertiary alicyclic amines) is 1. The van der Waals surface area contributed by atoms with Crippen LogP contribution in [-0.4, -0.2) is 121 Å². The first-order chi connectivity index (χ1) is 22.7. The van der Waals surface area contributed by atoms with E-state index in [1.807, 2.05) is 46.4 Å². The number of imidazole rings is 1. The van der Waals surface area contributed by atoms with Crippen LogP contribution in [0, 0.1) is 23.7 Å². The highest BCUT2D eigenvalue weighted by Gasteiger charge is 2.43. The molecule has 1 aliphatic heterocycles. The highest BCUT2D eigenvalue weighted by atomic mass is 16.5. The monoisotopic (exact) mass is 677 g/mol. The van der Waals surface area contributed by atoms with E-state index in [0.29, 0.717) is 19.5 Å². The van der Waals surface area contributed by atoms with Gasteiger partial charge in [-0.2, -0.15) is 0 Å². The largest absolute Gasteiger partial charge is 0.379 e. The van der Waals surface area contributed by atoms with Crippen molar-refractivity contribution in [1.82, 2.24) is 35.7 Å². The van der Waals surface area contributed by atoms with Crippen LogP contribution < -0.4 is 16.0 Å². The highest BCUT2D eigenvalue weighted by molar-refractivity contribution is 5.90. The number of ether oxygens (including phenoxy) is 2. The van der Waals surface area contributed by atoms with Crippen LogP contribution in [0.4, 0.5) is 0 Å². The smallest absolute Gasteiger partial charge is 0.245 e. The Bertz CT molecular complexity index is 1150. The molecule has 0 radical (unpaired) electrons. The van der Waals surface area contributed by atoms with Crippen LogP contribution in [-0.2, 0) is 35.1 Å². The van der Waals surface area contributed by atoms with Gasteiger partial charge in [0.25, 0.3) is 0 Å². The fraction of sp³-hybridized carbons (Fsp3) is 0.800. The van der Waals surface area contributed by atoms with Crippen molar-refractivity contribution < 1.29 is 28.7 Å². The van der Waals surface area contributed by atoms with Crippen LogP contribution in [0.15, 0.2) is 12.4 Å². The zero-order valence-corrected chi connectivity index (χ0v) is 31.2. The molecule has 0 bridgehead atoms.